The second kappa shape index (κ2) is 2.25. The summed E-state index contributed by atoms with van der Waals surface area (Å²) in [5, 5.41) is 9.20. The molecule has 1 atom stereocenters. The van der Waals surface area contributed by atoms with E-state index in [2.05, 4.69) is 6.08 Å². The summed E-state index contributed by atoms with van der Waals surface area (Å²) in [6.07, 6.45) is 7.05. The van der Waals surface area contributed by atoms with Crippen LogP contribution in [-0.4, -0.2) is 18.7 Å². The van der Waals surface area contributed by atoms with Gasteiger partial charge in [0.2, 0.25) is 0 Å². The predicted octanol–water partition coefficient (Wildman–Crippen LogP) is 0.539. The highest BCUT2D eigenvalue weighted by atomic mass is 16.5. The zero-order valence-electron chi connectivity index (χ0n) is 5.66. The molecule has 52 valence electrons. The Bertz CT molecular complexity index is 198. The smallest absolute Gasteiger partial charge is 0.423 e. The first kappa shape index (κ1) is 6.19. The summed E-state index contributed by atoms with van der Waals surface area (Å²) >= 11 is 0. The molecule has 1 saturated heterocycles. The van der Waals surface area contributed by atoms with Gasteiger partial charge in [0.1, 0.15) is 0 Å². The van der Waals surface area contributed by atoms with Crippen LogP contribution in [0.4, 0.5) is 0 Å². The van der Waals surface area contributed by atoms with E-state index in [4.69, 9.17) is 4.65 Å². The molecule has 2 aliphatic rings. The van der Waals surface area contributed by atoms with Crippen molar-refractivity contribution in [1.29, 1.82) is 0 Å². The number of hydrogen-bond donors (Lipinski definition) is 1. The molecule has 0 bridgehead atoms. The van der Waals surface area contributed by atoms with E-state index in [1.165, 1.54) is 0 Å². The van der Waals surface area contributed by atoms with Gasteiger partial charge in [0.15, 0.2) is 0 Å². The van der Waals surface area contributed by atoms with Gasteiger partial charge in [-0.15, -0.1) is 0 Å². The van der Waals surface area contributed by atoms with Crippen molar-refractivity contribution in [3.05, 3.63) is 23.7 Å². The van der Waals surface area contributed by atoms with Crippen molar-refractivity contribution < 1.29 is 9.68 Å². The second-order valence-electron chi connectivity index (χ2n) is 2.71. The quantitative estimate of drug-likeness (QED) is 0.492. The van der Waals surface area contributed by atoms with E-state index in [0.29, 0.717) is 12.5 Å². The summed E-state index contributed by atoms with van der Waals surface area (Å²) in [5.74, 6) is 0.444. The number of hydrogen-bond acceptors (Lipinski definition) is 2. The first-order valence-electron chi connectivity index (χ1n) is 3.54. The molecule has 0 saturated carbocycles. The van der Waals surface area contributed by atoms with Crippen molar-refractivity contribution in [2.75, 3.05) is 6.61 Å². The fourth-order valence-electron chi connectivity index (χ4n) is 1.45. The molecule has 10 heavy (non-hydrogen) atoms. The minimum absolute atomic E-state index is 0.444. The van der Waals surface area contributed by atoms with Crippen molar-refractivity contribution in [1.82, 2.24) is 0 Å². The van der Waals surface area contributed by atoms with E-state index in [0.717, 1.165) is 11.9 Å². The van der Waals surface area contributed by atoms with Crippen LogP contribution in [-0.2, 0) is 4.65 Å². The SMILES string of the molecule is OB1OCC2CC=CC=C12. The van der Waals surface area contributed by atoms with Gasteiger partial charge in [0.05, 0.1) is 0 Å². The third-order valence-electron chi connectivity index (χ3n) is 2.06. The fraction of sp³-hybridized carbons (Fsp3) is 0.429. The maximum atomic E-state index is 9.20. The lowest BCUT2D eigenvalue weighted by Crippen LogP contribution is -2.14. The van der Waals surface area contributed by atoms with Gasteiger partial charge in [0.25, 0.3) is 0 Å². The number of rotatable bonds is 0. The Labute approximate surface area is 60.3 Å². The Morgan fingerprint density at radius 1 is 1.70 bits per heavy atom. The third-order valence-corrected chi connectivity index (χ3v) is 2.06. The topological polar surface area (TPSA) is 29.5 Å². The first-order chi connectivity index (χ1) is 4.88. The van der Waals surface area contributed by atoms with Crippen LogP contribution in [0.3, 0.4) is 0 Å². The molecule has 2 nitrogen and oxygen atoms in total. The molecule has 1 unspecified atom stereocenters. The standard InChI is InChI=1S/C7H9BO2/c9-8-7-4-2-1-3-6(7)5-10-8/h1-2,4,6,9H,3,5H2. The second-order valence-corrected chi connectivity index (χ2v) is 2.71. The molecule has 1 fully saturated rings. The molecule has 0 amide bonds. The minimum Gasteiger partial charge on any atom is -0.423 e. The van der Waals surface area contributed by atoms with E-state index in [-0.39, 0.29) is 0 Å². The van der Waals surface area contributed by atoms with Gasteiger partial charge in [-0.1, -0.05) is 18.2 Å². The molecule has 0 aromatic rings. The molecule has 3 heteroatoms. The Morgan fingerprint density at radius 2 is 2.60 bits per heavy atom. The van der Waals surface area contributed by atoms with Crippen LogP contribution >= 0.6 is 0 Å². The average molecular weight is 136 g/mol. The van der Waals surface area contributed by atoms with Gasteiger partial charge in [-0.3, -0.25) is 0 Å². The van der Waals surface area contributed by atoms with Gasteiger partial charge in [0, 0.05) is 12.5 Å². The van der Waals surface area contributed by atoms with E-state index >= 15 is 0 Å². The number of allylic oxidation sites excluding steroid dienone is 3. The van der Waals surface area contributed by atoms with Crippen molar-refractivity contribution >= 4 is 7.12 Å². The molecule has 0 aromatic carbocycles. The largest absolute Gasteiger partial charge is 0.487 e. The van der Waals surface area contributed by atoms with E-state index in [9.17, 15) is 5.02 Å². The predicted molar refractivity (Wildman–Crippen MR) is 39.3 cm³/mol. The van der Waals surface area contributed by atoms with Gasteiger partial charge in [-0.2, -0.15) is 0 Å². The summed E-state index contributed by atoms with van der Waals surface area (Å²) in [7, 11) is -0.630. The van der Waals surface area contributed by atoms with Gasteiger partial charge in [-0.05, 0) is 11.9 Å². The molecule has 0 aromatic heterocycles. The maximum absolute atomic E-state index is 9.20. The summed E-state index contributed by atoms with van der Waals surface area (Å²) < 4.78 is 5.05. The van der Waals surface area contributed by atoms with Crippen LogP contribution in [0.2, 0.25) is 0 Å². The Hall–Kier alpha value is -0.535. The van der Waals surface area contributed by atoms with Crippen molar-refractivity contribution in [2.24, 2.45) is 5.92 Å². The van der Waals surface area contributed by atoms with Crippen LogP contribution < -0.4 is 0 Å². The number of fused-ring (bicyclic) bond motifs is 1. The van der Waals surface area contributed by atoms with Crippen molar-refractivity contribution in [2.45, 2.75) is 6.42 Å². The summed E-state index contributed by atoms with van der Waals surface area (Å²) in [4.78, 5) is 0. The Morgan fingerprint density at radius 3 is 3.40 bits per heavy atom. The molecule has 1 heterocycles. The molecular formula is C7H9BO2. The molecule has 0 spiro atoms. The summed E-state index contributed by atoms with van der Waals surface area (Å²) in [6.45, 7) is 0.678. The molecule has 1 N–H and O–H groups in total. The first-order valence-corrected chi connectivity index (χ1v) is 3.54. The van der Waals surface area contributed by atoms with E-state index in [1.54, 1.807) is 0 Å². The summed E-state index contributed by atoms with van der Waals surface area (Å²) in [5.41, 5.74) is 1.04. The zero-order valence-corrected chi connectivity index (χ0v) is 5.66. The van der Waals surface area contributed by atoms with Gasteiger partial charge in [-0.25, -0.2) is 0 Å². The van der Waals surface area contributed by atoms with E-state index in [1.807, 2.05) is 12.2 Å². The van der Waals surface area contributed by atoms with Crippen LogP contribution in [0.15, 0.2) is 23.7 Å². The van der Waals surface area contributed by atoms with Crippen molar-refractivity contribution in [3.8, 4) is 0 Å². The summed E-state index contributed by atoms with van der Waals surface area (Å²) in [6, 6.07) is 0. The lowest BCUT2D eigenvalue weighted by atomic mass is 9.72. The van der Waals surface area contributed by atoms with Crippen molar-refractivity contribution in [3.63, 3.8) is 0 Å². The normalized spacial score (nSPS) is 30.3. The highest BCUT2D eigenvalue weighted by Crippen LogP contribution is 2.28. The Kier molecular flexibility index (Phi) is 1.40. The van der Waals surface area contributed by atoms with Crippen LogP contribution in [0, 0.1) is 5.92 Å². The molecular weight excluding hydrogens is 127 g/mol. The van der Waals surface area contributed by atoms with Gasteiger partial charge >= 0.3 is 7.12 Å². The molecule has 1 aliphatic carbocycles. The highest BCUT2D eigenvalue weighted by molar-refractivity contribution is 6.53. The van der Waals surface area contributed by atoms with E-state index < -0.39 is 7.12 Å². The van der Waals surface area contributed by atoms with Crippen LogP contribution in [0.5, 0.6) is 0 Å². The van der Waals surface area contributed by atoms with Gasteiger partial charge < -0.3 is 9.68 Å². The molecule has 1 aliphatic heterocycles. The maximum Gasteiger partial charge on any atom is 0.487 e. The lowest BCUT2D eigenvalue weighted by Gasteiger charge is -2.09. The van der Waals surface area contributed by atoms with Crippen LogP contribution in [0.1, 0.15) is 6.42 Å². The highest BCUT2D eigenvalue weighted by Gasteiger charge is 2.34. The molecule has 0 radical (unpaired) electrons. The monoisotopic (exact) mass is 136 g/mol. The average Bonchev–Trinajstić information content (AvgIpc) is 2.34. The fourth-order valence-corrected chi connectivity index (χ4v) is 1.45. The molecule has 2 rings (SSSR count). The Balaban J connectivity index is 2.25. The van der Waals surface area contributed by atoms with Crippen LogP contribution in [0.25, 0.3) is 0 Å². The zero-order chi connectivity index (χ0) is 6.97. The lowest BCUT2D eigenvalue weighted by molar-refractivity contribution is 0.275. The minimum atomic E-state index is -0.630. The third kappa shape index (κ3) is 0.823.